The molecule has 0 saturated heterocycles. The van der Waals surface area contributed by atoms with Crippen LogP contribution in [0.25, 0.3) is 66.8 Å². The Bertz CT molecular complexity index is 5120. The number of hydrogen-bond acceptors (Lipinski definition) is 3. The Hall–Kier alpha value is -11.1. The SMILES string of the molecule is CC(C)(C)c1ccc(-c2cc(F)ccc2F)cc1.CC(C)(C)c1ccc(-c2ccc(C(N)=O)cc2)cc1.CC(C)(C)c1ccc(-c2ccc(F)c(F)c2)cc1.CC(C)(C)c1ccc(-c2cccc(C(F)(F)F)c2)cc1.CN(C)C(=O)c1ccc(-c2ccc(C(C)(C)C)cc2)cc1.CN(C)c1cccc(-c2ccc(C(C)(C)C)cc2)c1. The van der Waals surface area contributed by atoms with Crippen molar-refractivity contribution in [1.29, 1.82) is 0 Å². The van der Waals surface area contributed by atoms with Crippen molar-refractivity contribution in [2.75, 3.05) is 33.1 Å². The maximum atomic E-state index is 13.6. The molecule has 0 aliphatic carbocycles. The zero-order chi connectivity index (χ0) is 85.3. The van der Waals surface area contributed by atoms with Crippen LogP contribution in [0.2, 0.25) is 0 Å². The summed E-state index contributed by atoms with van der Waals surface area (Å²) in [4.78, 5) is 26.6. The molecule has 12 aromatic rings. The first-order valence-corrected chi connectivity index (χ1v) is 38.7. The van der Waals surface area contributed by atoms with Gasteiger partial charge in [-0.15, -0.1) is 0 Å². The van der Waals surface area contributed by atoms with Crippen molar-refractivity contribution < 1.29 is 40.3 Å². The average molecular weight is 1560 g/mol. The molecule has 2 amide bonds. The Kier molecular flexibility index (Phi) is 30.4. The predicted octanol–water partition coefficient (Wildman–Crippen LogP) is 28.3. The van der Waals surface area contributed by atoms with Gasteiger partial charge in [0.1, 0.15) is 11.6 Å². The largest absolute Gasteiger partial charge is 0.416 e. The fourth-order valence-corrected chi connectivity index (χ4v) is 12.1. The predicted molar refractivity (Wildman–Crippen MR) is 469 cm³/mol. The molecule has 0 aromatic heterocycles. The lowest BCUT2D eigenvalue weighted by Gasteiger charge is -2.19. The number of nitrogens with two attached hydrogens (primary N) is 1. The molecule has 0 saturated carbocycles. The van der Waals surface area contributed by atoms with E-state index in [-0.39, 0.29) is 38.4 Å². The van der Waals surface area contributed by atoms with Crippen LogP contribution in [0.5, 0.6) is 0 Å². The van der Waals surface area contributed by atoms with Crippen molar-refractivity contribution in [3.8, 4) is 66.8 Å². The van der Waals surface area contributed by atoms with E-state index >= 15 is 0 Å². The minimum absolute atomic E-state index is 0.0321. The number of carbonyl (C=O) groups excluding carboxylic acids is 2. The standard InChI is InChI=1S/C19H23NO.C18H23N.C17H17F3.C17H19NO.2C16H16F2/c1-19(2,3)17-12-10-15(11-13-17)14-6-8-16(9-7-14)18(21)20(4)5;1-18(2,3)16-11-9-14(10-12-16)15-7-6-8-17(13-15)19(4)5;1-16(2,3)14-9-7-12(8-10-14)13-5-4-6-15(11-13)17(18,19)20;1-17(2,3)15-10-8-13(9-11-15)12-4-6-14(7-5-12)16(18)19;1-16(2,3)13-7-4-11(5-8-13)12-6-9-14(17)15(18)10-12;1-16(2,3)12-6-4-11(5-7-12)14-10-13(17)8-9-15(14)18/h6-13H,1-5H3;6-13H,1-5H3;4-11H,1-3H3;4-11H,1-3H3,(H2,18,19);2*4-10H,1-3H3. The van der Waals surface area contributed by atoms with Gasteiger partial charge in [-0.1, -0.05) is 325 Å². The molecule has 5 nitrogen and oxygen atoms in total. The Morgan fingerprint density at radius 2 is 0.548 bits per heavy atom. The third-order valence-electron chi connectivity index (χ3n) is 19.6. The molecular formula is C103H114F7N3O2. The molecule has 12 aromatic carbocycles. The zero-order valence-electron chi connectivity index (χ0n) is 71.0. The van der Waals surface area contributed by atoms with Crippen LogP contribution in [-0.2, 0) is 38.7 Å². The van der Waals surface area contributed by atoms with Gasteiger partial charge in [0, 0.05) is 50.6 Å². The number of amides is 2. The molecule has 0 fully saturated rings. The smallest absolute Gasteiger partial charge is 0.378 e. The lowest BCUT2D eigenvalue weighted by atomic mass is 9.86. The summed E-state index contributed by atoms with van der Waals surface area (Å²) in [7, 11) is 7.67. The molecule has 12 heteroatoms. The van der Waals surface area contributed by atoms with E-state index < -0.39 is 40.9 Å². The number of halogens is 7. The molecule has 2 N–H and O–H groups in total. The quantitative estimate of drug-likeness (QED) is 0.146. The fraction of sp³-hybridized carbons (Fsp3) is 0.282. The van der Waals surface area contributed by atoms with Gasteiger partial charge in [0.05, 0.1) is 5.56 Å². The first kappa shape index (κ1) is 91.1. The van der Waals surface area contributed by atoms with E-state index in [1.165, 1.54) is 74.5 Å². The number of hydrogen-bond donors (Lipinski definition) is 1. The van der Waals surface area contributed by atoms with Gasteiger partial charge >= 0.3 is 6.18 Å². The Balaban J connectivity index is 0.000000191. The number of primary amides is 1. The van der Waals surface area contributed by atoms with Crippen molar-refractivity contribution in [1.82, 2.24) is 4.90 Å². The van der Waals surface area contributed by atoms with E-state index in [0.29, 0.717) is 27.8 Å². The Morgan fingerprint density at radius 1 is 0.270 bits per heavy atom. The monoisotopic (exact) mass is 1560 g/mol. The minimum Gasteiger partial charge on any atom is -0.378 e. The van der Waals surface area contributed by atoms with E-state index in [0.717, 1.165) is 63.2 Å². The summed E-state index contributed by atoms with van der Waals surface area (Å²) in [5.74, 6) is -2.82. The third kappa shape index (κ3) is 27.0. The summed E-state index contributed by atoms with van der Waals surface area (Å²) in [5, 5.41) is 0. The van der Waals surface area contributed by atoms with Gasteiger partial charge < -0.3 is 15.5 Å². The van der Waals surface area contributed by atoms with Gasteiger partial charge in [0.25, 0.3) is 5.91 Å². The molecule has 0 bridgehead atoms. The summed E-state index contributed by atoms with van der Waals surface area (Å²) in [6.07, 6.45) is -4.30. The van der Waals surface area contributed by atoms with Gasteiger partial charge in [0.15, 0.2) is 11.6 Å². The highest BCUT2D eigenvalue weighted by Gasteiger charge is 2.31. The van der Waals surface area contributed by atoms with Gasteiger partial charge in [0.2, 0.25) is 5.91 Å². The lowest BCUT2D eigenvalue weighted by Crippen LogP contribution is -2.21. The normalized spacial score (nSPS) is 11.6. The summed E-state index contributed by atoms with van der Waals surface area (Å²) in [5.41, 5.74) is 26.4. The van der Waals surface area contributed by atoms with Gasteiger partial charge in [-0.25, -0.2) is 17.6 Å². The highest BCUT2D eigenvalue weighted by molar-refractivity contribution is 5.94. The number of nitrogens with zero attached hydrogens (tertiary/aromatic N) is 2. The molecule has 0 spiro atoms. The summed E-state index contributed by atoms with van der Waals surface area (Å²) >= 11 is 0. The molecule has 602 valence electrons. The van der Waals surface area contributed by atoms with Gasteiger partial charge in [-0.05, 0) is 206 Å². The maximum Gasteiger partial charge on any atom is 0.416 e. The van der Waals surface area contributed by atoms with Crippen LogP contribution >= 0.6 is 0 Å². The number of carbonyl (C=O) groups is 2. The summed E-state index contributed by atoms with van der Waals surface area (Å²) < 4.78 is 90.9. The van der Waals surface area contributed by atoms with Crippen LogP contribution in [0.15, 0.2) is 279 Å². The van der Waals surface area contributed by atoms with Crippen LogP contribution < -0.4 is 10.6 Å². The second kappa shape index (κ2) is 38.4. The highest BCUT2D eigenvalue weighted by atomic mass is 19.4. The van der Waals surface area contributed by atoms with Crippen molar-refractivity contribution in [3.05, 3.63) is 352 Å². The van der Waals surface area contributed by atoms with Crippen molar-refractivity contribution in [2.45, 2.75) is 163 Å². The first-order valence-electron chi connectivity index (χ1n) is 38.7. The maximum absolute atomic E-state index is 13.6. The van der Waals surface area contributed by atoms with Crippen LogP contribution in [0.4, 0.5) is 36.4 Å². The average Bonchev–Trinajstić information content (AvgIpc) is 0.802. The van der Waals surface area contributed by atoms with Crippen LogP contribution in [-0.4, -0.2) is 44.9 Å². The Morgan fingerprint density at radius 3 is 0.852 bits per heavy atom. The first-order chi connectivity index (χ1) is 53.5. The van der Waals surface area contributed by atoms with E-state index in [2.05, 4.69) is 241 Å². The van der Waals surface area contributed by atoms with E-state index in [9.17, 15) is 40.3 Å². The van der Waals surface area contributed by atoms with Gasteiger partial charge in [-0.3, -0.25) is 9.59 Å². The van der Waals surface area contributed by atoms with E-state index in [1.807, 2.05) is 109 Å². The van der Waals surface area contributed by atoms with Crippen molar-refractivity contribution in [2.24, 2.45) is 5.73 Å². The fourth-order valence-electron chi connectivity index (χ4n) is 12.1. The van der Waals surface area contributed by atoms with Crippen molar-refractivity contribution in [3.63, 3.8) is 0 Å². The van der Waals surface area contributed by atoms with E-state index in [4.69, 9.17) is 5.73 Å². The van der Waals surface area contributed by atoms with Crippen LogP contribution in [0, 0.1) is 23.3 Å². The molecule has 0 aliphatic heterocycles. The number of rotatable bonds is 9. The van der Waals surface area contributed by atoms with E-state index in [1.54, 1.807) is 43.3 Å². The molecular weight excluding hydrogens is 1440 g/mol. The molecule has 0 heterocycles. The number of anilines is 1. The lowest BCUT2D eigenvalue weighted by molar-refractivity contribution is -0.137. The van der Waals surface area contributed by atoms with Crippen LogP contribution in [0.3, 0.4) is 0 Å². The minimum atomic E-state index is -4.30. The zero-order valence-corrected chi connectivity index (χ0v) is 71.0. The molecule has 0 unspecified atom stereocenters. The number of alkyl halides is 3. The van der Waals surface area contributed by atoms with Gasteiger partial charge in [-0.2, -0.15) is 13.2 Å². The summed E-state index contributed by atoms with van der Waals surface area (Å²) in [6.45, 7) is 39.0. The molecule has 0 aliphatic rings. The highest BCUT2D eigenvalue weighted by Crippen LogP contribution is 2.36. The molecule has 12 rings (SSSR count). The Labute approximate surface area is 680 Å². The van der Waals surface area contributed by atoms with Crippen molar-refractivity contribution >= 4 is 17.5 Å². The van der Waals surface area contributed by atoms with Crippen LogP contribution in [0.1, 0.15) is 184 Å². The molecule has 0 atom stereocenters. The summed E-state index contributed by atoms with van der Waals surface area (Å²) in [6, 6.07) is 85.9. The number of benzene rings is 12. The molecule has 0 radical (unpaired) electrons. The second-order valence-electron chi connectivity index (χ2n) is 35.5. The molecule has 115 heavy (non-hydrogen) atoms. The third-order valence-corrected chi connectivity index (χ3v) is 19.6. The second-order valence-corrected chi connectivity index (χ2v) is 35.5. The topological polar surface area (TPSA) is 66.6 Å².